The summed E-state index contributed by atoms with van der Waals surface area (Å²) < 4.78 is 0. The van der Waals surface area contributed by atoms with Crippen LogP contribution in [0.5, 0.6) is 0 Å². The Bertz CT molecular complexity index is 289. The van der Waals surface area contributed by atoms with Crippen molar-refractivity contribution in [1.29, 1.82) is 0 Å². The molecule has 0 aromatic carbocycles. The van der Waals surface area contributed by atoms with Crippen molar-refractivity contribution in [1.82, 2.24) is 4.90 Å². The number of piperidine rings is 1. The number of carbonyl (C=O) groups excluding carboxylic acids is 2. The van der Waals surface area contributed by atoms with Crippen LogP contribution < -0.4 is 0 Å². The Morgan fingerprint density at radius 1 is 1.06 bits per heavy atom. The first-order valence-corrected chi connectivity index (χ1v) is 7.22. The molecule has 0 radical (unpaired) electrons. The summed E-state index contributed by atoms with van der Waals surface area (Å²) in [6.45, 7) is 10.0. The van der Waals surface area contributed by atoms with Crippen LogP contribution in [-0.2, 0) is 9.59 Å². The summed E-state index contributed by atoms with van der Waals surface area (Å²) in [5, 5.41) is 0. The second-order valence-corrected chi connectivity index (χ2v) is 6.08. The summed E-state index contributed by atoms with van der Waals surface area (Å²) >= 11 is 0. The first-order valence-electron chi connectivity index (χ1n) is 7.22. The van der Waals surface area contributed by atoms with Crippen molar-refractivity contribution in [3.8, 4) is 0 Å². The fourth-order valence-corrected chi connectivity index (χ4v) is 2.49. The smallest absolute Gasteiger partial charge is 0.223 e. The van der Waals surface area contributed by atoms with E-state index in [4.69, 9.17) is 0 Å². The number of hydrogen-bond donors (Lipinski definition) is 0. The Labute approximate surface area is 111 Å². The van der Waals surface area contributed by atoms with Crippen molar-refractivity contribution < 1.29 is 9.59 Å². The molecule has 1 rings (SSSR count). The molecular formula is C15H27NO2. The van der Waals surface area contributed by atoms with Crippen LogP contribution in [0, 0.1) is 17.8 Å². The molecule has 0 aromatic rings. The van der Waals surface area contributed by atoms with Crippen molar-refractivity contribution >= 4 is 11.7 Å². The topological polar surface area (TPSA) is 37.4 Å². The second kappa shape index (κ2) is 6.91. The number of carbonyl (C=O) groups is 2. The van der Waals surface area contributed by atoms with Crippen LogP contribution in [-0.4, -0.2) is 29.7 Å². The number of nitrogens with zero attached hydrogens (tertiary/aromatic N) is 1. The molecule has 0 N–H and O–H groups in total. The molecule has 0 saturated carbocycles. The largest absolute Gasteiger partial charge is 0.343 e. The number of Topliss-reactive ketones (excluding diaryl/α,β-unsaturated/α-hetero) is 1. The Hall–Kier alpha value is -0.860. The zero-order valence-corrected chi connectivity index (χ0v) is 12.2. The van der Waals surface area contributed by atoms with Gasteiger partial charge in [0.25, 0.3) is 0 Å². The monoisotopic (exact) mass is 253 g/mol. The van der Waals surface area contributed by atoms with Gasteiger partial charge in [-0.3, -0.25) is 9.59 Å². The highest BCUT2D eigenvalue weighted by Crippen LogP contribution is 2.24. The van der Waals surface area contributed by atoms with Crippen LogP contribution in [0.2, 0.25) is 0 Å². The minimum absolute atomic E-state index is 0.0458. The Balaban J connectivity index is 2.30. The highest BCUT2D eigenvalue weighted by atomic mass is 16.2. The van der Waals surface area contributed by atoms with Crippen molar-refractivity contribution in [2.75, 3.05) is 13.1 Å². The zero-order chi connectivity index (χ0) is 13.7. The van der Waals surface area contributed by atoms with Gasteiger partial charge in [0.2, 0.25) is 5.91 Å². The van der Waals surface area contributed by atoms with E-state index in [0.717, 1.165) is 31.8 Å². The first kappa shape index (κ1) is 15.2. The van der Waals surface area contributed by atoms with E-state index in [-0.39, 0.29) is 17.6 Å². The summed E-state index contributed by atoms with van der Waals surface area (Å²) in [5.74, 6) is 1.87. The van der Waals surface area contributed by atoms with Crippen LogP contribution in [0.15, 0.2) is 0 Å². The third kappa shape index (κ3) is 4.43. The van der Waals surface area contributed by atoms with Gasteiger partial charge in [-0.25, -0.2) is 0 Å². The first-order chi connectivity index (χ1) is 8.41. The van der Waals surface area contributed by atoms with Gasteiger partial charge in [-0.05, 0) is 24.7 Å². The summed E-state index contributed by atoms with van der Waals surface area (Å²) in [4.78, 5) is 25.4. The van der Waals surface area contributed by atoms with Gasteiger partial charge in [0.15, 0.2) is 0 Å². The molecule has 0 aromatic heterocycles. The van der Waals surface area contributed by atoms with Gasteiger partial charge in [-0.2, -0.15) is 0 Å². The van der Waals surface area contributed by atoms with E-state index in [2.05, 4.69) is 13.8 Å². The molecule has 3 heteroatoms. The van der Waals surface area contributed by atoms with E-state index in [9.17, 15) is 9.59 Å². The highest BCUT2D eigenvalue weighted by Gasteiger charge is 2.24. The lowest BCUT2D eigenvalue weighted by Gasteiger charge is -2.34. The van der Waals surface area contributed by atoms with Crippen molar-refractivity contribution in [3.63, 3.8) is 0 Å². The molecule has 1 saturated heterocycles. The molecule has 0 bridgehead atoms. The van der Waals surface area contributed by atoms with E-state index in [1.165, 1.54) is 0 Å². The quantitative estimate of drug-likeness (QED) is 0.755. The molecule has 0 unspecified atom stereocenters. The van der Waals surface area contributed by atoms with Crippen molar-refractivity contribution in [3.05, 3.63) is 0 Å². The van der Waals surface area contributed by atoms with Crippen LogP contribution in [0.1, 0.15) is 53.4 Å². The van der Waals surface area contributed by atoms with Gasteiger partial charge in [0, 0.05) is 31.8 Å². The third-order valence-corrected chi connectivity index (χ3v) is 4.06. The van der Waals surface area contributed by atoms with Gasteiger partial charge < -0.3 is 4.90 Å². The fraction of sp³-hybridized carbons (Fsp3) is 0.867. The lowest BCUT2D eigenvalue weighted by molar-refractivity contribution is -0.135. The summed E-state index contributed by atoms with van der Waals surface area (Å²) in [7, 11) is 0. The number of ketones is 1. The predicted molar refractivity (Wildman–Crippen MR) is 73.2 cm³/mol. The maximum Gasteiger partial charge on any atom is 0.223 e. The molecule has 0 atom stereocenters. The lowest BCUT2D eigenvalue weighted by atomic mass is 9.86. The lowest BCUT2D eigenvalue weighted by Crippen LogP contribution is -2.39. The molecule has 1 fully saturated rings. The predicted octanol–water partition coefficient (Wildman–Crippen LogP) is 2.89. The van der Waals surface area contributed by atoms with E-state index in [1.807, 2.05) is 18.7 Å². The molecule has 0 spiro atoms. The van der Waals surface area contributed by atoms with E-state index >= 15 is 0 Å². The van der Waals surface area contributed by atoms with Gasteiger partial charge >= 0.3 is 0 Å². The average Bonchev–Trinajstić information content (AvgIpc) is 2.35. The molecule has 104 valence electrons. The molecule has 1 aliphatic heterocycles. The summed E-state index contributed by atoms with van der Waals surface area (Å²) in [6, 6.07) is 0. The standard InChI is InChI=1S/C15H27NO2/c1-11(2)13-7-9-16(10-8-13)15(18)6-5-14(17)12(3)4/h11-13H,5-10H2,1-4H3. The molecule has 1 amide bonds. The van der Waals surface area contributed by atoms with E-state index < -0.39 is 0 Å². The second-order valence-electron chi connectivity index (χ2n) is 6.08. The van der Waals surface area contributed by atoms with Gasteiger partial charge in [0.05, 0.1) is 0 Å². The third-order valence-electron chi connectivity index (χ3n) is 4.06. The van der Waals surface area contributed by atoms with Crippen LogP contribution in [0.25, 0.3) is 0 Å². The molecule has 3 nitrogen and oxygen atoms in total. The number of likely N-dealkylation sites (tertiary alicyclic amines) is 1. The molecule has 1 aliphatic rings. The molecule has 18 heavy (non-hydrogen) atoms. The van der Waals surface area contributed by atoms with Crippen LogP contribution in [0.4, 0.5) is 0 Å². The normalized spacial score (nSPS) is 17.6. The van der Waals surface area contributed by atoms with Gasteiger partial charge in [-0.1, -0.05) is 27.7 Å². The summed E-state index contributed by atoms with van der Waals surface area (Å²) in [6.07, 6.45) is 3.02. The maximum atomic E-state index is 12.0. The maximum absolute atomic E-state index is 12.0. The van der Waals surface area contributed by atoms with Gasteiger partial charge in [-0.15, -0.1) is 0 Å². The summed E-state index contributed by atoms with van der Waals surface area (Å²) in [5.41, 5.74) is 0. The molecular weight excluding hydrogens is 226 g/mol. The minimum atomic E-state index is 0.0458. The van der Waals surface area contributed by atoms with Crippen molar-refractivity contribution in [2.45, 2.75) is 53.4 Å². The van der Waals surface area contributed by atoms with Gasteiger partial charge in [0.1, 0.15) is 5.78 Å². The molecule has 1 heterocycles. The SMILES string of the molecule is CC(C)C(=O)CCC(=O)N1CCC(C(C)C)CC1. The van der Waals surface area contributed by atoms with Crippen LogP contribution >= 0.6 is 0 Å². The zero-order valence-electron chi connectivity index (χ0n) is 12.2. The number of amides is 1. The Morgan fingerprint density at radius 3 is 2.06 bits per heavy atom. The minimum Gasteiger partial charge on any atom is -0.343 e. The van der Waals surface area contributed by atoms with E-state index in [1.54, 1.807) is 0 Å². The molecule has 0 aliphatic carbocycles. The van der Waals surface area contributed by atoms with Crippen molar-refractivity contribution in [2.24, 2.45) is 17.8 Å². The van der Waals surface area contributed by atoms with Crippen LogP contribution in [0.3, 0.4) is 0 Å². The Morgan fingerprint density at radius 2 is 1.61 bits per heavy atom. The number of rotatable bonds is 5. The number of hydrogen-bond acceptors (Lipinski definition) is 2. The highest BCUT2D eigenvalue weighted by molar-refractivity contribution is 5.86. The fourth-order valence-electron chi connectivity index (χ4n) is 2.49. The van der Waals surface area contributed by atoms with E-state index in [0.29, 0.717) is 18.8 Å². The average molecular weight is 253 g/mol. The Kier molecular flexibility index (Phi) is 5.83.